The van der Waals surface area contributed by atoms with Crippen molar-refractivity contribution < 1.29 is 4.52 Å². The molecule has 0 bridgehead atoms. The summed E-state index contributed by atoms with van der Waals surface area (Å²) in [5.74, 6) is 0.645. The summed E-state index contributed by atoms with van der Waals surface area (Å²) in [5.41, 5.74) is 1.29. The summed E-state index contributed by atoms with van der Waals surface area (Å²) in [4.78, 5) is 2.58. The summed E-state index contributed by atoms with van der Waals surface area (Å²) in [5, 5.41) is 7.85. The maximum atomic E-state index is 4.96. The minimum Gasteiger partial charge on any atom is -0.364 e. The zero-order valence-corrected chi connectivity index (χ0v) is 12.6. The zero-order valence-electron chi connectivity index (χ0n) is 12.6. The van der Waals surface area contributed by atoms with Crippen LogP contribution in [0.5, 0.6) is 0 Å². The van der Waals surface area contributed by atoms with Crippen molar-refractivity contribution in [2.75, 3.05) is 13.1 Å². The first-order chi connectivity index (χ1) is 9.10. The van der Waals surface area contributed by atoms with Crippen molar-refractivity contribution in [2.45, 2.75) is 58.7 Å². The Hall–Kier alpha value is -0.870. The molecule has 1 aromatic heterocycles. The van der Waals surface area contributed by atoms with Gasteiger partial charge in [-0.3, -0.25) is 4.90 Å². The molecule has 0 radical (unpaired) electrons. The van der Waals surface area contributed by atoms with Crippen molar-refractivity contribution in [1.82, 2.24) is 15.4 Å². The molecule has 4 nitrogen and oxygen atoms in total. The largest absolute Gasteiger partial charge is 0.364 e. The molecule has 1 aliphatic heterocycles. The van der Waals surface area contributed by atoms with Crippen LogP contribution in [-0.4, -0.2) is 34.7 Å². The van der Waals surface area contributed by atoms with Gasteiger partial charge in [0.2, 0.25) is 0 Å². The molecule has 0 spiro atoms. The third kappa shape index (κ3) is 3.18. The molecule has 1 fully saturated rings. The Kier molecular flexibility index (Phi) is 4.63. The van der Waals surface area contributed by atoms with Gasteiger partial charge in [0.05, 0.1) is 5.69 Å². The van der Waals surface area contributed by atoms with Gasteiger partial charge in [0.25, 0.3) is 0 Å². The summed E-state index contributed by atoms with van der Waals surface area (Å²) in [6, 6.07) is 2.54. The predicted octanol–water partition coefficient (Wildman–Crippen LogP) is 2.66. The molecule has 0 aromatic carbocycles. The van der Waals surface area contributed by atoms with E-state index < -0.39 is 0 Å². The molecule has 1 atom stereocenters. The van der Waals surface area contributed by atoms with Gasteiger partial charge in [-0.25, -0.2) is 0 Å². The van der Waals surface area contributed by atoms with Gasteiger partial charge in [-0.1, -0.05) is 32.9 Å². The fourth-order valence-electron chi connectivity index (χ4n) is 3.09. The number of hydrogen-bond donors (Lipinski definition) is 1. The number of aromatic nitrogens is 1. The van der Waals surface area contributed by atoms with E-state index in [0.717, 1.165) is 25.3 Å². The van der Waals surface area contributed by atoms with Crippen LogP contribution in [-0.2, 0) is 6.54 Å². The zero-order chi connectivity index (χ0) is 13.9. The van der Waals surface area contributed by atoms with E-state index in [1.54, 1.807) is 6.26 Å². The third-order valence-electron chi connectivity index (χ3n) is 4.64. The van der Waals surface area contributed by atoms with E-state index in [9.17, 15) is 0 Å². The van der Waals surface area contributed by atoms with Crippen LogP contribution >= 0.6 is 0 Å². The molecule has 108 valence electrons. The summed E-state index contributed by atoms with van der Waals surface area (Å²) in [6.45, 7) is 12.2. The summed E-state index contributed by atoms with van der Waals surface area (Å²) < 4.78 is 4.96. The molecule has 0 aliphatic carbocycles. The van der Waals surface area contributed by atoms with Crippen molar-refractivity contribution in [2.24, 2.45) is 5.92 Å². The van der Waals surface area contributed by atoms with E-state index >= 15 is 0 Å². The van der Waals surface area contributed by atoms with Crippen LogP contribution in [0.25, 0.3) is 0 Å². The lowest BCUT2D eigenvalue weighted by Crippen LogP contribution is -2.64. The van der Waals surface area contributed by atoms with Gasteiger partial charge in [-0.05, 0) is 18.8 Å². The normalized spacial score (nSPS) is 23.9. The Labute approximate surface area is 116 Å². The molecule has 1 saturated heterocycles. The number of nitrogens with one attached hydrogen (secondary N) is 1. The first-order valence-corrected chi connectivity index (χ1v) is 7.48. The van der Waals surface area contributed by atoms with Gasteiger partial charge in [0, 0.05) is 37.3 Å². The number of hydrogen-bond acceptors (Lipinski definition) is 4. The lowest BCUT2D eigenvalue weighted by Gasteiger charge is -2.48. The maximum absolute atomic E-state index is 4.96. The number of nitrogens with zero attached hydrogens (tertiary/aromatic N) is 2. The lowest BCUT2D eigenvalue weighted by atomic mass is 9.86. The summed E-state index contributed by atoms with van der Waals surface area (Å²) in [6.07, 6.45) is 4.00. The van der Waals surface area contributed by atoms with Crippen molar-refractivity contribution >= 4 is 0 Å². The molecule has 1 unspecified atom stereocenters. The van der Waals surface area contributed by atoms with E-state index in [0.29, 0.717) is 12.0 Å². The Bertz CT molecular complexity index is 371. The minimum atomic E-state index is 0.259. The highest BCUT2D eigenvalue weighted by Crippen LogP contribution is 2.26. The van der Waals surface area contributed by atoms with Gasteiger partial charge < -0.3 is 9.84 Å². The van der Waals surface area contributed by atoms with E-state index in [-0.39, 0.29) is 5.54 Å². The summed E-state index contributed by atoms with van der Waals surface area (Å²) in [7, 11) is 0. The maximum Gasteiger partial charge on any atom is 0.124 e. The van der Waals surface area contributed by atoms with Crippen LogP contribution < -0.4 is 5.32 Å². The Balaban J connectivity index is 2.12. The first-order valence-electron chi connectivity index (χ1n) is 7.48. The van der Waals surface area contributed by atoms with Crippen LogP contribution in [0.1, 0.15) is 46.2 Å². The van der Waals surface area contributed by atoms with Gasteiger partial charge in [-0.2, -0.15) is 0 Å². The van der Waals surface area contributed by atoms with Crippen LogP contribution in [0.4, 0.5) is 0 Å². The highest BCUT2D eigenvalue weighted by molar-refractivity contribution is 5.02. The highest BCUT2D eigenvalue weighted by atomic mass is 16.5. The Morgan fingerprint density at radius 2 is 2.21 bits per heavy atom. The van der Waals surface area contributed by atoms with Crippen molar-refractivity contribution in [3.63, 3.8) is 0 Å². The van der Waals surface area contributed by atoms with E-state index in [4.69, 9.17) is 4.52 Å². The molecule has 0 saturated carbocycles. The SMILES string of the molecule is CCC1(CC)CN(Cc2ccon2)C(C(C)C)CN1. The molecule has 1 aromatic rings. The van der Waals surface area contributed by atoms with Crippen LogP contribution in [0, 0.1) is 5.92 Å². The minimum absolute atomic E-state index is 0.259. The van der Waals surface area contributed by atoms with Crippen LogP contribution in [0.15, 0.2) is 16.9 Å². The molecule has 2 rings (SSSR count). The quantitative estimate of drug-likeness (QED) is 0.888. The summed E-state index contributed by atoms with van der Waals surface area (Å²) >= 11 is 0. The predicted molar refractivity (Wildman–Crippen MR) is 76.9 cm³/mol. The monoisotopic (exact) mass is 265 g/mol. The molecule has 0 amide bonds. The standard InChI is InChI=1S/C15H27N3O/c1-5-15(6-2)11-18(10-13-7-8-19-17-13)14(9-16-15)12(3)4/h7-8,12,14,16H,5-6,9-11H2,1-4H3. The topological polar surface area (TPSA) is 41.3 Å². The first kappa shape index (κ1) is 14.5. The molecule has 1 N–H and O–H groups in total. The van der Waals surface area contributed by atoms with Gasteiger partial charge in [0.15, 0.2) is 0 Å². The average molecular weight is 265 g/mol. The number of piperazine rings is 1. The molecule has 2 heterocycles. The Morgan fingerprint density at radius 1 is 1.47 bits per heavy atom. The van der Waals surface area contributed by atoms with Gasteiger partial charge in [-0.15, -0.1) is 0 Å². The average Bonchev–Trinajstić information content (AvgIpc) is 2.91. The molecule has 19 heavy (non-hydrogen) atoms. The molecule has 4 heteroatoms. The van der Waals surface area contributed by atoms with Crippen molar-refractivity contribution in [1.29, 1.82) is 0 Å². The molecular formula is C15H27N3O. The van der Waals surface area contributed by atoms with Gasteiger partial charge >= 0.3 is 0 Å². The smallest absolute Gasteiger partial charge is 0.124 e. The van der Waals surface area contributed by atoms with Crippen LogP contribution in [0.3, 0.4) is 0 Å². The fraction of sp³-hybridized carbons (Fsp3) is 0.800. The number of rotatable bonds is 5. The van der Waals surface area contributed by atoms with E-state index in [1.165, 1.54) is 12.8 Å². The van der Waals surface area contributed by atoms with Crippen molar-refractivity contribution in [3.8, 4) is 0 Å². The second-order valence-corrected chi connectivity index (χ2v) is 6.08. The van der Waals surface area contributed by atoms with Crippen molar-refractivity contribution in [3.05, 3.63) is 18.0 Å². The van der Waals surface area contributed by atoms with Gasteiger partial charge in [0.1, 0.15) is 6.26 Å². The Morgan fingerprint density at radius 3 is 2.74 bits per heavy atom. The highest BCUT2D eigenvalue weighted by Gasteiger charge is 2.37. The lowest BCUT2D eigenvalue weighted by molar-refractivity contribution is 0.0427. The molecule has 1 aliphatic rings. The van der Waals surface area contributed by atoms with Crippen LogP contribution in [0.2, 0.25) is 0 Å². The van der Waals surface area contributed by atoms with E-state index in [2.05, 4.69) is 43.1 Å². The fourth-order valence-corrected chi connectivity index (χ4v) is 3.09. The second kappa shape index (κ2) is 6.06. The molecular weight excluding hydrogens is 238 g/mol. The van der Waals surface area contributed by atoms with E-state index in [1.807, 2.05) is 6.07 Å². The second-order valence-electron chi connectivity index (χ2n) is 6.08. The third-order valence-corrected chi connectivity index (χ3v) is 4.64.